The minimum atomic E-state index is -1.33. The van der Waals surface area contributed by atoms with Crippen LogP contribution in [0.2, 0.25) is 0 Å². The Balaban J connectivity index is 0.000000288. The van der Waals surface area contributed by atoms with Gasteiger partial charge in [-0.15, -0.1) is 4.52 Å². The lowest BCUT2D eigenvalue weighted by Crippen LogP contribution is -1.84. The van der Waals surface area contributed by atoms with Gasteiger partial charge in [-0.2, -0.15) is 0 Å². The zero-order valence-corrected chi connectivity index (χ0v) is 9.52. The third kappa shape index (κ3) is 6.71. The topological polar surface area (TPSA) is 69.4 Å². The molecule has 0 heterocycles. The van der Waals surface area contributed by atoms with Gasteiger partial charge in [-0.3, -0.25) is 10.1 Å². The molecule has 0 N–H and O–H groups in total. The molecule has 6 heteroatoms. The molecule has 5 nitrogen and oxygen atoms in total. The molecule has 1 aromatic rings. The highest BCUT2D eigenvalue weighted by Gasteiger charge is 2.06. The van der Waals surface area contributed by atoms with Crippen molar-refractivity contribution in [3.8, 4) is 0 Å². The second-order valence-electron chi connectivity index (χ2n) is 2.42. The molecule has 15 heavy (non-hydrogen) atoms. The Hall–Kier alpha value is -1.32. The number of hydrogen-bond acceptors (Lipinski definition) is 4. The molecule has 0 aliphatic rings. The minimum absolute atomic E-state index is 0.137. The first-order chi connectivity index (χ1) is 7.11. The fourth-order valence-corrected chi connectivity index (χ4v) is 0.937. The molecular weight excluding hydrogens is 217 g/mol. The predicted octanol–water partition coefficient (Wildman–Crippen LogP) is 2.99. The van der Waals surface area contributed by atoms with Gasteiger partial charge < -0.3 is 0 Å². The van der Waals surface area contributed by atoms with Crippen molar-refractivity contribution < 1.29 is 14.0 Å². The number of rotatable bonds is 3. The second kappa shape index (κ2) is 8.03. The van der Waals surface area contributed by atoms with Crippen LogP contribution in [0.3, 0.4) is 0 Å². The monoisotopic (exact) mass is 230 g/mol. The van der Waals surface area contributed by atoms with E-state index >= 15 is 0 Å². The van der Waals surface area contributed by atoms with Crippen molar-refractivity contribution in [3.63, 3.8) is 0 Å². The molecule has 0 spiro atoms. The maximum Gasteiger partial charge on any atom is 0.507 e. The average molecular weight is 230 g/mol. The van der Waals surface area contributed by atoms with E-state index in [9.17, 15) is 14.7 Å². The van der Waals surface area contributed by atoms with E-state index in [1.54, 1.807) is 18.2 Å². The number of benzene rings is 1. The van der Waals surface area contributed by atoms with Gasteiger partial charge in [-0.1, -0.05) is 18.2 Å². The van der Waals surface area contributed by atoms with Crippen molar-refractivity contribution in [2.45, 2.75) is 6.92 Å². The van der Waals surface area contributed by atoms with Gasteiger partial charge in [-0.25, -0.2) is 0 Å². The molecule has 0 fully saturated rings. The van der Waals surface area contributed by atoms with Crippen LogP contribution in [0.5, 0.6) is 0 Å². The average Bonchev–Trinajstić information content (AvgIpc) is 2.30. The van der Waals surface area contributed by atoms with E-state index < -0.39 is 13.0 Å². The SMILES string of the molecule is CC[P+](=O)OC.O=[N+]([O-])c1ccccc1. The minimum Gasteiger partial charge on any atom is -0.258 e. The summed E-state index contributed by atoms with van der Waals surface area (Å²) < 4.78 is 14.5. The molecule has 1 atom stereocenters. The van der Waals surface area contributed by atoms with Gasteiger partial charge in [0.05, 0.1) is 12.0 Å². The Kier molecular flexibility index (Phi) is 7.32. The summed E-state index contributed by atoms with van der Waals surface area (Å²) in [6, 6.07) is 7.93. The van der Waals surface area contributed by atoms with Gasteiger partial charge in [0.1, 0.15) is 0 Å². The van der Waals surface area contributed by atoms with Crippen molar-refractivity contribution in [1.82, 2.24) is 0 Å². The molecule has 0 saturated heterocycles. The molecule has 0 bridgehead atoms. The van der Waals surface area contributed by atoms with Crippen LogP contribution in [0.15, 0.2) is 30.3 Å². The van der Waals surface area contributed by atoms with Gasteiger partial charge >= 0.3 is 8.03 Å². The lowest BCUT2D eigenvalue weighted by molar-refractivity contribution is -0.384. The predicted molar refractivity (Wildman–Crippen MR) is 58.3 cm³/mol. The van der Waals surface area contributed by atoms with Crippen LogP contribution < -0.4 is 0 Å². The third-order valence-electron chi connectivity index (χ3n) is 1.43. The molecule has 0 aliphatic heterocycles. The summed E-state index contributed by atoms with van der Waals surface area (Å²) in [6.07, 6.45) is 0.617. The van der Waals surface area contributed by atoms with Gasteiger partial charge in [0.15, 0.2) is 6.16 Å². The number of hydrogen-bond donors (Lipinski definition) is 0. The molecule has 82 valence electrons. The quantitative estimate of drug-likeness (QED) is 0.454. The van der Waals surface area contributed by atoms with Gasteiger partial charge in [0, 0.05) is 12.1 Å². The van der Waals surface area contributed by atoms with Crippen LogP contribution in [0.1, 0.15) is 6.92 Å². The van der Waals surface area contributed by atoms with E-state index in [2.05, 4.69) is 4.52 Å². The highest BCUT2D eigenvalue weighted by atomic mass is 31.1. The second-order valence-corrected chi connectivity index (χ2v) is 4.09. The zero-order valence-electron chi connectivity index (χ0n) is 8.62. The molecule has 0 saturated carbocycles. The van der Waals surface area contributed by atoms with Crippen LogP contribution in [0.25, 0.3) is 0 Å². The largest absolute Gasteiger partial charge is 0.507 e. The summed E-state index contributed by atoms with van der Waals surface area (Å²) in [5, 5.41) is 10.0. The molecule has 1 unspecified atom stereocenters. The smallest absolute Gasteiger partial charge is 0.258 e. The lowest BCUT2D eigenvalue weighted by Gasteiger charge is -1.85. The Labute approximate surface area is 89.1 Å². The van der Waals surface area contributed by atoms with Crippen molar-refractivity contribution in [2.24, 2.45) is 0 Å². The molecule has 0 amide bonds. The van der Waals surface area contributed by atoms with E-state index in [0.717, 1.165) is 0 Å². The van der Waals surface area contributed by atoms with E-state index in [0.29, 0.717) is 6.16 Å². The molecular formula is C9H13NO4P+. The van der Waals surface area contributed by atoms with Crippen molar-refractivity contribution in [1.29, 1.82) is 0 Å². The highest BCUT2D eigenvalue weighted by Crippen LogP contribution is 2.17. The van der Waals surface area contributed by atoms with Crippen molar-refractivity contribution in [2.75, 3.05) is 13.3 Å². The fraction of sp³-hybridized carbons (Fsp3) is 0.333. The number of nitro groups is 1. The van der Waals surface area contributed by atoms with Gasteiger partial charge in [0.2, 0.25) is 0 Å². The van der Waals surface area contributed by atoms with Crippen LogP contribution in [-0.4, -0.2) is 18.2 Å². The summed E-state index contributed by atoms with van der Waals surface area (Å²) in [4.78, 5) is 9.59. The Morgan fingerprint density at radius 1 is 1.40 bits per heavy atom. The Bertz CT molecular complexity index is 309. The van der Waals surface area contributed by atoms with Crippen LogP contribution >= 0.6 is 8.03 Å². The van der Waals surface area contributed by atoms with Gasteiger partial charge in [0.25, 0.3) is 5.69 Å². The van der Waals surface area contributed by atoms with Crippen LogP contribution in [0.4, 0.5) is 5.69 Å². The zero-order chi connectivity index (χ0) is 11.7. The van der Waals surface area contributed by atoms with E-state index in [4.69, 9.17) is 0 Å². The molecule has 1 aromatic carbocycles. The summed E-state index contributed by atoms with van der Waals surface area (Å²) in [5.41, 5.74) is 0.137. The molecule has 0 aliphatic carbocycles. The molecule has 1 rings (SSSR count). The van der Waals surface area contributed by atoms with E-state index in [-0.39, 0.29) is 5.69 Å². The number of nitro benzene ring substituents is 1. The Morgan fingerprint density at radius 2 is 1.93 bits per heavy atom. The normalized spacial score (nSPS) is 9.87. The maximum atomic E-state index is 10.1. The number of non-ortho nitro benzene ring substituents is 1. The summed E-state index contributed by atoms with van der Waals surface area (Å²) in [5.74, 6) is 0. The van der Waals surface area contributed by atoms with Crippen molar-refractivity contribution >= 4 is 13.7 Å². The summed E-state index contributed by atoms with van der Waals surface area (Å²) in [7, 11) is 0.120. The first kappa shape index (κ1) is 13.7. The van der Waals surface area contributed by atoms with Crippen LogP contribution in [-0.2, 0) is 9.09 Å². The number of para-hydroxylation sites is 1. The first-order valence-corrected chi connectivity index (χ1v) is 5.66. The van der Waals surface area contributed by atoms with E-state index in [1.807, 2.05) is 6.92 Å². The summed E-state index contributed by atoms with van der Waals surface area (Å²) in [6.45, 7) is 1.82. The fourth-order valence-electron chi connectivity index (χ4n) is 0.679. The van der Waals surface area contributed by atoms with Crippen LogP contribution in [0, 0.1) is 10.1 Å². The maximum absolute atomic E-state index is 10.1. The van der Waals surface area contributed by atoms with Crippen molar-refractivity contribution in [3.05, 3.63) is 40.4 Å². The molecule has 0 aromatic heterocycles. The standard InChI is InChI=1S/C6H5NO2.C3H8O2P/c8-7(9)6-4-2-1-3-5-6;1-3-6(4)5-2/h1-5H;3H2,1-2H3/q;+1. The first-order valence-electron chi connectivity index (χ1n) is 4.30. The Morgan fingerprint density at radius 3 is 2.13 bits per heavy atom. The van der Waals surface area contributed by atoms with E-state index in [1.165, 1.54) is 19.2 Å². The highest BCUT2D eigenvalue weighted by molar-refractivity contribution is 7.39. The third-order valence-corrected chi connectivity index (χ3v) is 2.35. The summed E-state index contributed by atoms with van der Waals surface area (Å²) >= 11 is 0. The molecule has 0 radical (unpaired) electrons. The lowest BCUT2D eigenvalue weighted by atomic mass is 10.3. The number of nitrogens with zero attached hydrogens (tertiary/aromatic N) is 1. The van der Waals surface area contributed by atoms with Gasteiger partial charge in [-0.05, 0) is 11.5 Å².